The van der Waals surface area contributed by atoms with E-state index < -0.39 is 18.0 Å². The number of carbonyl (C=O) groups excluding carboxylic acids is 2. The van der Waals surface area contributed by atoms with E-state index in [0.717, 1.165) is 0 Å². The predicted octanol–water partition coefficient (Wildman–Crippen LogP) is -0.725. The molecule has 1 fully saturated rings. The zero-order valence-electron chi connectivity index (χ0n) is 13.3. The maximum Gasteiger partial charge on any atom is 0.377 e. The number of β-lactam (4-membered cyclic amide) rings is 1. The summed E-state index contributed by atoms with van der Waals surface area (Å²) in [5.41, 5.74) is 6.30. The summed E-state index contributed by atoms with van der Waals surface area (Å²) in [7, 11) is 2.86. The summed E-state index contributed by atoms with van der Waals surface area (Å²) in [5.74, 6) is -1.50. The lowest BCUT2D eigenvalue weighted by atomic mass is 10.0. The van der Waals surface area contributed by atoms with E-state index in [0.29, 0.717) is 22.2 Å². The van der Waals surface area contributed by atoms with E-state index in [4.69, 9.17) is 5.73 Å². The predicted molar refractivity (Wildman–Crippen MR) is 88.8 cm³/mol. The molecule has 3 rings (SSSR count). The summed E-state index contributed by atoms with van der Waals surface area (Å²) in [4.78, 5) is 40.3. The Hall–Kier alpha value is -2.05. The van der Waals surface area contributed by atoms with Crippen LogP contribution in [-0.4, -0.2) is 72.6 Å². The van der Waals surface area contributed by atoms with Crippen LogP contribution in [0.25, 0.3) is 0 Å². The molecule has 0 spiro atoms. The molecule has 10 nitrogen and oxygen atoms in total. The highest BCUT2D eigenvalue weighted by Crippen LogP contribution is 2.40. The van der Waals surface area contributed by atoms with Crippen LogP contribution in [0.15, 0.2) is 16.4 Å². The molecule has 0 aromatic carbocycles. The van der Waals surface area contributed by atoms with Crippen molar-refractivity contribution in [2.75, 3.05) is 18.6 Å². The van der Waals surface area contributed by atoms with Gasteiger partial charge < -0.3 is 15.6 Å². The minimum atomic E-state index is -1.16. The first-order valence-corrected chi connectivity index (χ1v) is 9.16. The van der Waals surface area contributed by atoms with E-state index in [2.05, 4.69) is 14.8 Å². The highest BCUT2D eigenvalue weighted by atomic mass is 32.2. The number of fused-ring (bicyclic) bond motifs is 1. The third kappa shape index (κ3) is 3.00. The molecular formula is C13H15N5O5S2. The number of hydrogen-bond donors (Lipinski definition) is 2. The highest BCUT2D eigenvalue weighted by molar-refractivity contribution is 8.01. The molecule has 0 saturated carbocycles. The van der Waals surface area contributed by atoms with Crippen LogP contribution in [0.3, 0.4) is 0 Å². The lowest BCUT2D eigenvalue weighted by Gasteiger charge is -2.48. The first-order valence-electron chi connectivity index (χ1n) is 7.13. The Bertz CT molecular complexity index is 792. The van der Waals surface area contributed by atoms with Gasteiger partial charge in [0.15, 0.2) is 5.16 Å². The normalized spacial score (nSPS) is 22.5. The van der Waals surface area contributed by atoms with Gasteiger partial charge in [-0.2, -0.15) is 4.98 Å². The quantitative estimate of drug-likeness (QED) is 0.379. The van der Waals surface area contributed by atoms with Gasteiger partial charge in [-0.15, -0.1) is 16.9 Å². The third-order valence-corrected chi connectivity index (χ3v) is 6.22. The molecule has 1 saturated heterocycles. The van der Waals surface area contributed by atoms with E-state index in [1.54, 1.807) is 7.05 Å². The average Bonchev–Trinajstić information content (AvgIpc) is 2.98. The third-order valence-electron chi connectivity index (χ3n) is 3.76. The van der Waals surface area contributed by atoms with E-state index >= 15 is 0 Å². The summed E-state index contributed by atoms with van der Waals surface area (Å²) in [6, 6.07) is -0.657. The monoisotopic (exact) mass is 385 g/mol. The molecule has 3 N–H and O–H groups in total. The molecular weight excluding hydrogens is 370 g/mol. The number of esters is 1. The number of amides is 1. The fourth-order valence-electron chi connectivity index (χ4n) is 2.52. The zero-order valence-corrected chi connectivity index (χ0v) is 15.0. The topological polar surface area (TPSA) is 141 Å². The van der Waals surface area contributed by atoms with Gasteiger partial charge in [0.1, 0.15) is 17.1 Å². The lowest BCUT2D eigenvalue weighted by Crippen LogP contribution is -2.68. The van der Waals surface area contributed by atoms with Crippen LogP contribution in [0.5, 0.6) is 0 Å². The van der Waals surface area contributed by atoms with Crippen molar-refractivity contribution in [1.82, 2.24) is 19.7 Å². The Kier molecular flexibility index (Phi) is 4.75. The number of carboxylic acids is 1. The Morgan fingerprint density at radius 2 is 2.24 bits per heavy atom. The van der Waals surface area contributed by atoms with Crippen molar-refractivity contribution in [3.63, 3.8) is 0 Å². The second kappa shape index (κ2) is 6.69. The summed E-state index contributed by atoms with van der Waals surface area (Å²) in [5, 5.41) is 13.6. The Morgan fingerprint density at radius 1 is 1.52 bits per heavy atom. The van der Waals surface area contributed by atoms with Gasteiger partial charge in [0.2, 0.25) is 5.91 Å². The van der Waals surface area contributed by atoms with Crippen molar-refractivity contribution in [2.24, 2.45) is 12.8 Å². The number of carboxylic acid groups (broad SMARTS) is 1. The Morgan fingerprint density at radius 3 is 2.88 bits per heavy atom. The molecule has 1 aromatic rings. The molecule has 2 aliphatic heterocycles. The summed E-state index contributed by atoms with van der Waals surface area (Å²) in [6.45, 7) is 0. The average molecular weight is 385 g/mol. The molecule has 2 unspecified atom stereocenters. The second-order valence-electron chi connectivity index (χ2n) is 5.31. The number of carbonyl (C=O) groups is 3. The molecule has 2 aliphatic rings. The van der Waals surface area contributed by atoms with Gasteiger partial charge >= 0.3 is 11.9 Å². The molecule has 3 heterocycles. The van der Waals surface area contributed by atoms with Crippen LogP contribution in [0.2, 0.25) is 0 Å². The van der Waals surface area contributed by atoms with E-state index in [1.807, 2.05) is 0 Å². The highest BCUT2D eigenvalue weighted by Gasteiger charge is 2.51. The van der Waals surface area contributed by atoms with Gasteiger partial charge in [0.25, 0.3) is 5.82 Å². The van der Waals surface area contributed by atoms with Gasteiger partial charge in [-0.3, -0.25) is 9.69 Å². The Labute approximate surface area is 150 Å². The van der Waals surface area contributed by atoms with Crippen LogP contribution in [0, 0.1) is 0 Å². The number of nitrogens with two attached hydrogens (primary N) is 1. The number of aliphatic carboxylic acids is 1. The summed E-state index contributed by atoms with van der Waals surface area (Å²) < 4.78 is 5.99. The van der Waals surface area contributed by atoms with Crippen LogP contribution < -0.4 is 5.73 Å². The number of thioether (sulfide) groups is 2. The molecule has 12 heteroatoms. The van der Waals surface area contributed by atoms with Gasteiger partial charge in [-0.25, -0.2) is 14.3 Å². The van der Waals surface area contributed by atoms with Crippen molar-refractivity contribution in [1.29, 1.82) is 0 Å². The number of rotatable bonds is 5. The van der Waals surface area contributed by atoms with Crippen molar-refractivity contribution in [2.45, 2.75) is 16.6 Å². The van der Waals surface area contributed by atoms with Gasteiger partial charge in [0, 0.05) is 18.6 Å². The number of methoxy groups -OCH3 is 1. The largest absolute Gasteiger partial charge is 0.477 e. The van der Waals surface area contributed by atoms with E-state index in [-0.39, 0.29) is 22.8 Å². The molecule has 1 aromatic heterocycles. The van der Waals surface area contributed by atoms with Crippen molar-refractivity contribution < 1.29 is 24.2 Å². The van der Waals surface area contributed by atoms with Gasteiger partial charge in [0.05, 0.1) is 7.11 Å². The van der Waals surface area contributed by atoms with Gasteiger partial charge in [-0.1, -0.05) is 11.8 Å². The van der Waals surface area contributed by atoms with Crippen molar-refractivity contribution in [3.8, 4) is 0 Å². The molecule has 134 valence electrons. The smallest absolute Gasteiger partial charge is 0.377 e. The number of aromatic nitrogens is 3. The molecule has 0 radical (unpaired) electrons. The molecule has 2 atom stereocenters. The van der Waals surface area contributed by atoms with E-state index in [1.165, 1.54) is 40.2 Å². The standard InChI is InChI=1S/C13H15N5O5S2/c1-17-13(15-8(16-17)12(22)23-2)25-4-5-3-24-10-6(14)9(19)18(10)7(5)11(20)21/h6,10H,3-4,14H2,1-2H3,(H,20,21). The van der Waals surface area contributed by atoms with Crippen molar-refractivity contribution >= 4 is 41.4 Å². The lowest BCUT2D eigenvalue weighted by molar-refractivity contribution is -0.147. The molecule has 1 amide bonds. The summed E-state index contributed by atoms with van der Waals surface area (Å²) >= 11 is 2.67. The minimum absolute atomic E-state index is 0.0155. The minimum Gasteiger partial charge on any atom is -0.477 e. The Balaban J connectivity index is 1.80. The SMILES string of the molecule is COC(=O)c1nc(SCC2=C(C(=O)O)N3C(=O)C(N)C3SC2)n(C)n1. The van der Waals surface area contributed by atoms with Crippen LogP contribution in [0.1, 0.15) is 10.6 Å². The maximum absolute atomic E-state index is 11.9. The molecule has 0 aliphatic carbocycles. The fraction of sp³-hybridized carbons (Fsp3) is 0.462. The first-order chi connectivity index (χ1) is 11.8. The summed E-state index contributed by atoms with van der Waals surface area (Å²) in [6.07, 6.45) is 0. The zero-order chi connectivity index (χ0) is 18.3. The van der Waals surface area contributed by atoms with Crippen LogP contribution >= 0.6 is 23.5 Å². The first kappa shape index (κ1) is 17.8. The molecule has 25 heavy (non-hydrogen) atoms. The van der Waals surface area contributed by atoms with Gasteiger partial charge in [-0.05, 0) is 5.57 Å². The van der Waals surface area contributed by atoms with Crippen molar-refractivity contribution in [3.05, 3.63) is 17.1 Å². The number of nitrogens with zero attached hydrogens (tertiary/aromatic N) is 4. The maximum atomic E-state index is 11.9. The number of aryl methyl sites for hydroxylation is 1. The number of hydrogen-bond acceptors (Lipinski definition) is 9. The second-order valence-corrected chi connectivity index (χ2v) is 7.36. The van der Waals surface area contributed by atoms with Crippen LogP contribution in [-0.2, 0) is 21.4 Å². The van der Waals surface area contributed by atoms with Crippen LogP contribution in [0.4, 0.5) is 0 Å². The number of ether oxygens (including phenoxy) is 1. The fourth-order valence-corrected chi connectivity index (χ4v) is 4.86. The van der Waals surface area contributed by atoms with E-state index in [9.17, 15) is 19.5 Å². The molecule has 0 bridgehead atoms.